The molecule has 8 nitrogen and oxygen atoms in total. The molecule has 0 aliphatic carbocycles. The summed E-state index contributed by atoms with van der Waals surface area (Å²) in [6.45, 7) is 1.99. The van der Waals surface area contributed by atoms with Crippen molar-refractivity contribution >= 4 is 67.8 Å². The molecule has 2 N–H and O–H groups in total. The zero-order valence-electron chi connectivity index (χ0n) is 13.5. The second-order valence-electron chi connectivity index (χ2n) is 5.30. The van der Waals surface area contributed by atoms with E-state index in [1.165, 1.54) is 23.1 Å². The van der Waals surface area contributed by atoms with Crippen LogP contribution in [0.15, 0.2) is 23.4 Å². The molecule has 3 heterocycles. The number of thioether (sulfide) groups is 1. The number of aromatic nitrogens is 6. The molecule has 0 aliphatic rings. The third-order valence-electron chi connectivity index (χ3n) is 3.51. The third-order valence-corrected chi connectivity index (χ3v) is 5.56. The molecule has 26 heavy (non-hydrogen) atoms. The lowest BCUT2D eigenvalue weighted by Crippen LogP contribution is -2.14. The minimum absolute atomic E-state index is 0.153. The van der Waals surface area contributed by atoms with Crippen molar-refractivity contribution in [2.24, 2.45) is 0 Å². The molecule has 11 heteroatoms. The normalized spacial score (nSPS) is 11.3. The Labute approximate surface area is 160 Å². The first-order valence-electron chi connectivity index (χ1n) is 7.69. The quantitative estimate of drug-likeness (QED) is 0.490. The van der Waals surface area contributed by atoms with Crippen LogP contribution in [0.4, 0.5) is 5.13 Å². The molecule has 1 aromatic carbocycles. The van der Waals surface area contributed by atoms with Crippen molar-refractivity contribution in [1.82, 2.24) is 30.4 Å². The lowest BCUT2D eigenvalue weighted by atomic mass is 10.2. The fraction of sp³-hybridized carbons (Fsp3) is 0.200. The highest BCUT2D eigenvalue weighted by atomic mass is 35.5. The van der Waals surface area contributed by atoms with Gasteiger partial charge in [0.25, 0.3) is 0 Å². The van der Waals surface area contributed by atoms with Crippen molar-refractivity contribution in [3.05, 3.63) is 28.2 Å². The molecule has 0 spiro atoms. The largest absolute Gasteiger partial charge is 0.338 e. The summed E-state index contributed by atoms with van der Waals surface area (Å²) in [6, 6.07) is 5.48. The molecule has 3 aromatic heterocycles. The van der Waals surface area contributed by atoms with Crippen LogP contribution in [0.5, 0.6) is 0 Å². The van der Waals surface area contributed by atoms with Crippen LogP contribution < -0.4 is 5.32 Å². The highest BCUT2D eigenvalue weighted by molar-refractivity contribution is 7.99. The number of rotatable bonds is 5. The molecular formula is C15H12ClN7OS2. The molecule has 4 aromatic rings. The number of carbonyl (C=O) groups excluding carboxylic acids is 1. The summed E-state index contributed by atoms with van der Waals surface area (Å²) < 4.78 is 0. The van der Waals surface area contributed by atoms with E-state index in [2.05, 4.69) is 35.7 Å². The van der Waals surface area contributed by atoms with E-state index in [1.54, 1.807) is 6.07 Å². The summed E-state index contributed by atoms with van der Waals surface area (Å²) in [5.41, 5.74) is 2.14. The lowest BCUT2D eigenvalue weighted by Gasteiger charge is -2.00. The van der Waals surface area contributed by atoms with Gasteiger partial charge in [0.1, 0.15) is 10.5 Å². The number of amides is 1. The number of anilines is 1. The average Bonchev–Trinajstić information content (AvgIpc) is 3.23. The Morgan fingerprint density at radius 2 is 2.19 bits per heavy atom. The molecule has 0 atom stereocenters. The van der Waals surface area contributed by atoms with E-state index in [-0.39, 0.29) is 11.7 Å². The van der Waals surface area contributed by atoms with Gasteiger partial charge in [-0.05, 0) is 24.6 Å². The molecule has 0 bridgehead atoms. The number of nitrogens with zero attached hydrogens (tertiary/aromatic N) is 5. The van der Waals surface area contributed by atoms with Crippen molar-refractivity contribution in [3.63, 3.8) is 0 Å². The molecule has 0 radical (unpaired) electrons. The van der Waals surface area contributed by atoms with E-state index in [4.69, 9.17) is 11.6 Å². The van der Waals surface area contributed by atoms with E-state index in [0.29, 0.717) is 26.5 Å². The third kappa shape index (κ3) is 3.48. The van der Waals surface area contributed by atoms with Gasteiger partial charge in [-0.25, -0.2) is 4.98 Å². The van der Waals surface area contributed by atoms with Gasteiger partial charge < -0.3 is 4.98 Å². The molecule has 1 amide bonds. The summed E-state index contributed by atoms with van der Waals surface area (Å²) in [4.78, 5) is 19.6. The Balaban J connectivity index is 1.46. The number of aromatic amines is 1. The number of hydrogen-bond donors (Lipinski definition) is 2. The van der Waals surface area contributed by atoms with Crippen LogP contribution in [0.2, 0.25) is 5.02 Å². The second-order valence-corrected chi connectivity index (χ2v) is 7.74. The lowest BCUT2D eigenvalue weighted by molar-refractivity contribution is -0.113. The van der Waals surface area contributed by atoms with Crippen molar-refractivity contribution in [2.75, 3.05) is 11.1 Å². The van der Waals surface area contributed by atoms with Crippen LogP contribution in [0.3, 0.4) is 0 Å². The molecule has 0 saturated heterocycles. The Kier molecular flexibility index (Phi) is 4.70. The second kappa shape index (κ2) is 7.14. The van der Waals surface area contributed by atoms with Crippen LogP contribution in [0, 0.1) is 0 Å². The minimum atomic E-state index is -0.194. The highest BCUT2D eigenvalue weighted by Gasteiger charge is 2.12. The van der Waals surface area contributed by atoms with Gasteiger partial charge in [0.2, 0.25) is 16.2 Å². The van der Waals surface area contributed by atoms with E-state index < -0.39 is 0 Å². The van der Waals surface area contributed by atoms with Crippen LogP contribution >= 0.6 is 34.7 Å². The molecule has 0 saturated carbocycles. The van der Waals surface area contributed by atoms with Gasteiger partial charge in [-0.1, -0.05) is 41.6 Å². The van der Waals surface area contributed by atoms with E-state index >= 15 is 0 Å². The van der Waals surface area contributed by atoms with Gasteiger partial charge >= 0.3 is 0 Å². The zero-order chi connectivity index (χ0) is 18.1. The highest BCUT2D eigenvalue weighted by Crippen LogP contribution is 2.26. The minimum Gasteiger partial charge on any atom is -0.338 e. The number of hydrogen-bond acceptors (Lipinski definition) is 8. The molecular weight excluding hydrogens is 394 g/mol. The van der Waals surface area contributed by atoms with Crippen molar-refractivity contribution in [2.45, 2.75) is 18.5 Å². The summed E-state index contributed by atoms with van der Waals surface area (Å²) in [5.74, 6) is -0.0405. The Hall–Kier alpha value is -2.30. The fourth-order valence-corrected chi connectivity index (χ4v) is 3.78. The Morgan fingerprint density at radius 3 is 3.00 bits per heavy atom. The van der Waals surface area contributed by atoms with Gasteiger partial charge in [-0.2, -0.15) is 0 Å². The number of halogens is 1. The predicted molar refractivity (Wildman–Crippen MR) is 103 cm³/mol. The first kappa shape index (κ1) is 17.1. The molecule has 4 rings (SSSR count). The molecule has 0 fully saturated rings. The first-order chi connectivity index (χ1) is 12.6. The number of aryl methyl sites for hydroxylation is 1. The number of carbonyl (C=O) groups is 1. The summed E-state index contributed by atoms with van der Waals surface area (Å²) in [5, 5.41) is 22.2. The van der Waals surface area contributed by atoms with Crippen LogP contribution in [0.1, 0.15) is 11.9 Å². The fourth-order valence-electron chi connectivity index (χ4n) is 2.32. The molecule has 132 valence electrons. The predicted octanol–water partition coefficient (Wildman–Crippen LogP) is 3.30. The van der Waals surface area contributed by atoms with Crippen molar-refractivity contribution in [3.8, 4) is 0 Å². The van der Waals surface area contributed by atoms with Crippen LogP contribution in [-0.4, -0.2) is 42.0 Å². The van der Waals surface area contributed by atoms with E-state index in [9.17, 15) is 4.79 Å². The average molecular weight is 406 g/mol. The number of nitrogens with one attached hydrogen (secondary N) is 2. The number of benzene rings is 1. The molecule has 0 unspecified atom stereocenters. The van der Waals surface area contributed by atoms with Crippen molar-refractivity contribution < 1.29 is 4.79 Å². The Morgan fingerprint density at radius 1 is 1.31 bits per heavy atom. The number of fused-ring (bicyclic) bond motifs is 3. The maximum atomic E-state index is 12.0. The van der Waals surface area contributed by atoms with Gasteiger partial charge in [0.15, 0.2) is 5.65 Å². The van der Waals surface area contributed by atoms with Gasteiger partial charge in [0, 0.05) is 15.9 Å². The Bertz CT molecular complexity index is 1110. The smallest absolute Gasteiger partial charge is 0.236 e. The maximum Gasteiger partial charge on any atom is 0.236 e. The standard InChI is InChI=1S/C15H12ClN7OS2/c1-2-11-20-23-15(26-11)18-10(24)6-25-14-19-13-12(21-22-14)8-5-7(16)3-4-9(8)17-13/h3-5H,2,6H2,1H3,(H,17,19,22)(H,18,23,24). The van der Waals surface area contributed by atoms with Crippen LogP contribution in [-0.2, 0) is 11.2 Å². The SMILES string of the molecule is CCc1nnc(NC(=O)CSc2nnc3c(n2)[nH]c2ccc(Cl)cc23)s1. The van der Waals surface area contributed by atoms with Gasteiger partial charge in [0.05, 0.1) is 5.75 Å². The zero-order valence-corrected chi connectivity index (χ0v) is 15.9. The van der Waals surface area contributed by atoms with Gasteiger partial charge in [-0.3, -0.25) is 10.1 Å². The topological polar surface area (TPSA) is 109 Å². The maximum absolute atomic E-state index is 12.0. The summed E-state index contributed by atoms with van der Waals surface area (Å²) in [6.07, 6.45) is 0.789. The van der Waals surface area contributed by atoms with Crippen molar-refractivity contribution in [1.29, 1.82) is 0 Å². The number of H-pyrrole nitrogens is 1. The monoisotopic (exact) mass is 405 g/mol. The van der Waals surface area contributed by atoms with E-state index in [1.807, 2.05) is 19.1 Å². The summed E-state index contributed by atoms with van der Waals surface area (Å²) in [7, 11) is 0. The summed E-state index contributed by atoms with van der Waals surface area (Å²) >= 11 is 8.60. The van der Waals surface area contributed by atoms with E-state index in [0.717, 1.165) is 22.3 Å². The molecule has 0 aliphatic heterocycles. The van der Waals surface area contributed by atoms with Crippen LogP contribution in [0.25, 0.3) is 22.1 Å². The first-order valence-corrected chi connectivity index (χ1v) is 9.87. The van der Waals surface area contributed by atoms with Gasteiger partial charge in [-0.15, -0.1) is 20.4 Å².